The molecule has 0 aromatic carbocycles. The molecule has 1 atom stereocenters. The largest absolute Gasteiger partial charge is 0.492 e. The number of nitrogens with one attached hydrogen (secondary N) is 1. The smallest absolute Gasteiger partial charge is 0.275 e. The Morgan fingerprint density at radius 2 is 2.32 bits per heavy atom. The summed E-state index contributed by atoms with van der Waals surface area (Å²) in [5, 5.41) is 22.9. The van der Waals surface area contributed by atoms with E-state index in [-0.39, 0.29) is 6.54 Å². The number of carbonyl (C=O) groups is 1. The number of amides is 1. The van der Waals surface area contributed by atoms with Gasteiger partial charge in [-0.15, -0.1) is 11.3 Å². The molecule has 0 fully saturated rings. The van der Waals surface area contributed by atoms with Gasteiger partial charge in [-0.2, -0.15) is 4.98 Å². The molecule has 2 rings (SSSR count). The number of hydrogen-bond donors (Lipinski definition) is 3. The van der Waals surface area contributed by atoms with E-state index < -0.39 is 29.0 Å². The van der Waals surface area contributed by atoms with E-state index in [1.54, 1.807) is 12.3 Å². The van der Waals surface area contributed by atoms with Crippen LogP contribution in [0.5, 0.6) is 5.88 Å². The molecule has 0 saturated carbocycles. The van der Waals surface area contributed by atoms with Gasteiger partial charge in [-0.05, 0) is 13.8 Å². The quantitative estimate of drug-likeness (QED) is 0.728. The maximum absolute atomic E-state index is 12.2. The number of hydrogen-bond acceptors (Lipinski definition) is 6. The predicted octanol–water partition coefficient (Wildman–Crippen LogP) is -0.119. The van der Waals surface area contributed by atoms with Gasteiger partial charge in [0.2, 0.25) is 5.88 Å². The Bertz CT molecular complexity index is 689. The third kappa shape index (κ3) is 2.45. The number of aromatic nitrogens is 2. The Morgan fingerprint density at radius 3 is 2.95 bits per heavy atom. The minimum Gasteiger partial charge on any atom is -0.492 e. The summed E-state index contributed by atoms with van der Waals surface area (Å²) in [6.45, 7) is 3.20. The van der Waals surface area contributed by atoms with Crippen molar-refractivity contribution in [1.29, 1.82) is 0 Å². The van der Waals surface area contributed by atoms with E-state index in [1.165, 1.54) is 22.7 Å². The first-order chi connectivity index (χ1) is 8.91. The monoisotopic (exact) mass is 283 g/mol. The number of carbonyl (C=O) groups excluding carboxylic acids is 1. The van der Waals surface area contributed by atoms with Crippen molar-refractivity contribution in [1.82, 2.24) is 14.7 Å². The fourth-order valence-electron chi connectivity index (χ4n) is 1.60. The van der Waals surface area contributed by atoms with Crippen molar-refractivity contribution < 1.29 is 15.0 Å². The fourth-order valence-corrected chi connectivity index (χ4v) is 2.45. The lowest BCUT2D eigenvalue weighted by Crippen LogP contribution is -2.35. The van der Waals surface area contributed by atoms with Crippen LogP contribution in [-0.4, -0.2) is 38.2 Å². The maximum atomic E-state index is 12.2. The van der Waals surface area contributed by atoms with Gasteiger partial charge in [0.05, 0.1) is 6.10 Å². The van der Waals surface area contributed by atoms with Gasteiger partial charge in [0.1, 0.15) is 0 Å². The first kappa shape index (κ1) is 13.5. The summed E-state index contributed by atoms with van der Waals surface area (Å²) < 4.78 is 1.27. The lowest BCUT2D eigenvalue weighted by molar-refractivity contribution is 0.0919. The fraction of sp³-hybridized carbons (Fsp3) is 0.364. The molecule has 7 nitrogen and oxygen atoms in total. The molecular formula is C11H13N3O4S. The molecule has 8 heteroatoms. The van der Waals surface area contributed by atoms with E-state index >= 15 is 0 Å². The van der Waals surface area contributed by atoms with Crippen molar-refractivity contribution in [3.05, 3.63) is 27.0 Å². The van der Waals surface area contributed by atoms with Gasteiger partial charge in [0.15, 0.2) is 10.5 Å². The highest BCUT2D eigenvalue weighted by molar-refractivity contribution is 7.15. The third-order valence-electron chi connectivity index (χ3n) is 2.51. The number of rotatable bonds is 3. The molecule has 2 aromatic heterocycles. The van der Waals surface area contributed by atoms with Crippen LogP contribution < -0.4 is 10.9 Å². The molecular weight excluding hydrogens is 270 g/mol. The lowest BCUT2D eigenvalue weighted by atomic mass is 10.3. The van der Waals surface area contributed by atoms with Crippen LogP contribution >= 0.6 is 11.3 Å². The number of thiazole rings is 1. The highest BCUT2D eigenvalue weighted by Gasteiger charge is 2.21. The van der Waals surface area contributed by atoms with E-state index in [1.807, 2.05) is 0 Å². The third-order valence-corrected chi connectivity index (χ3v) is 3.45. The molecule has 0 saturated heterocycles. The van der Waals surface area contributed by atoms with Gasteiger partial charge >= 0.3 is 0 Å². The molecule has 1 amide bonds. The molecule has 0 spiro atoms. The minimum absolute atomic E-state index is 0.0109. The van der Waals surface area contributed by atoms with Crippen molar-refractivity contribution >= 4 is 22.2 Å². The highest BCUT2D eigenvalue weighted by atomic mass is 32.1. The number of nitrogens with zero attached hydrogens (tertiary/aromatic N) is 2. The minimum atomic E-state index is -0.754. The van der Waals surface area contributed by atoms with Crippen LogP contribution in [0.3, 0.4) is 0 Å². The van der Waals surface area contributed by atoms with E-state index in [2.05, 4.69) is 10.3 Å². The summed E-state index contributed by atoms with van der Waals surface area (Å²) in [7, 11) is 0. The normalized spacial score (nSPS) is 12.6. The van der Waals surface area contributed by atoms with Crippen molar-refractivity contribution in [3.8, 4) is 5.88 Å². The second-order valence-corrected chi connectivity index (χ2v) is 5.01. The van der Waals surface area contributed by atoms with E-state index in [4.69, 9.17) is 5.11 Å². The number of aromatic hydroxyl groups is 1. The Balaban J connectivity index is 2.51. The summed E-state index contributed by atoms with van der Waals surface area (Å²) in [6, 6.07) is 0. The topological polar surface area (TPSA) is 104 Å². The summed E-state index contributed by atoms with van der Waals surface area (Å²) in [5.74, 6) is -1.36. The van der Waals surface area contributed by atoms with Gasteiger partial charge in [0.25, 0.3) is 11.5 Å². The molecule has 0 unspecified atom stereocenters. The van der Waals surface area contributed by atoms with Gasteiger partial charge in [-0.1, -0.05) is 0 Å². The second-order valence-electron chi connectivity index (χ2n) is 4.17. The lowest BCUT2D eigenvalue weighted by Gasteiger charge is -2.08. The Hall–Kier alpha value is -1.93. The first-order valence-corrected chi connectivity index (χ1v) is 6.46. The van der Waals surface area contributed by atoms with Crippen molar-refractivity contribution in [3.63, 3.8) is 0 Å². The molecule has 0 aliphatic heterocycles. The molecule has 0 radical (unpaired) electrons. The van der Waals surface area contributed by atoms with Crippen molar-refractivity contribution in [2.75, 3.05) is 6.54 Å². The zero-order chi connectivity index (χ0) is 14.2. The van der Waals surface area contributed by atoms with Crippen LogP contribution in [0.1, 0.15) is 23.0 Å². The first-order valence-electron chi connectivity index (χ1n) is 5.58. The number of aliphatic hydroxyl groups excluding tert-OH is 1. The van der Waals surface area contributed by atoms with Gasteiger partial charge in [0, 0.05) is 17.6 Å². The Kier molecular flexibility index (Phi) is 3.54. The molecule has 0 aliphatic rings. The van der Waals surface area contributed by atoms with Crippen LogP contribution in [0.4, 0.5) is 0 Å². The predicted molar refractivity (Wildman–Crippen MR) is 69.8 cm³/mol. The second kappa shape index (κ2) is 4.98. The number of aryl methyl sites for hydroxylation is 1. The zero-order valence-electron chi connectivity index (χ0n) is 10.4. The Morgan fingerprint density at radius 1 is 1.63 bits per heavy atom. The molecule has 0 aliphatic carbocycles. The van der Waals surface area contributed by atoms with Crippen LogP contribution in [0.15, 0.2) is 10.2 Å². The molecule has 102 valence electrons. The number of aliphatic hydroxyl groups is 1. The van der Waals surface area contributed by atoms with E-state index in [0.717, 1.165) is 0 Å². The van der Waals surface area contributed by atoms with Crippen LogP contribution in [0.2, 0.25) is 0 Å². The summed E-state index contributed by atoms with van der Waals surface area (Å²) in [5.41, 5.74) is -0.397. The molecule has 3 N–H and O–H groups in total. The van der Waals surface area contributed by atoms with Crippen molar-refractivity contribution in [2.45, 2.75) is 20.0 Å². The average Bonchev–Trinajstić information content (AvgIpc) is 2.68. The SMILES string of the molecule is Cc1csc2nc(O)c(C(=O)NC[C@H](C)O)c(=O)n12. The average molecular weight is 283 g/mol. The molecule has 2 aromatic rings. The van der Waals surface area contributed by atoms with Gasteiger partial charge in [-0.3, -0.25) is 14.0 Å². The Labute approximate surface area is 112 Å². The van der Waals surface area contributed by atoms with Crippen LogP contribution in [-0.2, 0) is 0 Å². The van der Waals surface area contributed by atoms with Gasteiger partial charge < -0.3 is 15.5 Å². The van der Waals surface area contributed by atoms with E-state index in [0.29, 0.717) is 10.7 Å². The van der Waals surface area contributed by atoms with Gasteiger partial charge in [-0.25, -0.2) is 0 Å². The van der Waals surface area contributed by atoms with Crippen LogP contribution in [0.25, 0.3) is 4.96 Å². The highest BCUT2D eigenvalue weighted by Crippen LogP contribution is 2.17. The standard InChI is InChI=1S/C11H13N3O4S/c1-5-4-19-11-13-9(17)7(10(18)14(5)11)8(16)12-3-6(2)15/h4,6,15,17H,3H2,1-2H3,(H,12,16)/t6-/m0/s1. The molecule has 2 heterocycles. The summed E-state index contributed by atoms with van der Waals surface area (Å²) in [6.07, 6.45) is -0.742. The molecule has 19 heavy (non-hydrogen) atoms. The van der Waals surface area contributed by atoms with E-state index in [9.17, 15) is 14.7 Å². The number of fused-ring (bicyclic) bond motifs is 1. The van der Waals surface area contributed by atoms with Crippen molar-refractivity contribution in [2.24, 2.45) is 0 Å². The molecule has 0 bridgehead atoms. The summed E-state index contributed by atoms with van der Waals surface area (Å²) in [4.78, 5) is 28.1. The van der Waals surface area contributed by atoms with Crippen LogP contribution in [0, 0.1) is 6.92 Å². The zero-order valence-corrected chi connectivity index (χ0v) is 11.2. The maximum Gasteiger partial charge on any atom is 0.275 e. The summed E-state index contributed by atoms with van der Waals surface area (Å²) >= 11 is 1.20.